The van der Waals surface area contributed by atoms with Gasteiger partial charge in [0, 0.05) is 0 Å². The molecule has 0 unspecified atom stereocenters. The summed E-state index contributed by atoms with van der Waals surface area (Å²) in [4.78, 5) is 23.8. The van der Waals surface area contributed by atoms with Crippen molar-refractivity contribution in [1.29, 1.82) is 0 Å². The van der Waals surface area contributed by atoms with Crippen molar-refractivity contribution in [2.75, 3.05) is 5.32 Å². The first-order valence-electron chi connectivity index (χ1n) is 9.23. The third kappa shape index (κ3) is 6.76. The number of hydrogen-bond acceptors (Lipinski definition) is 4. The molecule has 0 aromatic heterocycles. The van der Waals surface area contributed by atoms with Crippen molar-refractivity contribution in [3.8, 4) is 5.75 Å². The van der Waals surface area contributed by atoms with E-state index < -0.39 is 11.8 Å². The normalized spacial score (nSPS) is 10.6. The van der Waals surface area contributed by atoms with Gasteiger partial charge in [0.25, 0.3) is 0 Å². The third-order valence-corrected chi connectivity index (χ3v) is 4.33. The minimum Gasteiger partial charge on any atom is -0.489 e. The first kappa shape index (κ1) is 21.1. The molecule has 0 spiro atoms. The summed E-state index contributed by atoms with van der Waals surface area (Å²) >= 11 is 5.97. The Labute approximate surface area is 179 Å². The number of carbonyl (C=O) groups excluding carboxylic acids is 2. The monoisotopic (exact) mass is 421 g/mol. The largest absolute Gasteiger partial charge is 0.489 e. The molecule has 3 rings (SSSR count). The van der Waals surface area contributed by atoms with Crippen LogP contribution >= 0.6 is 11.6 Å². The second-order valence-electron chi connectivity index (χ2n) is 6.34. The summed E-state index contributed by atoms with van der Waals surface area (Å²) in [5.41, 5.74) is 4.65. The Bertz CT molecular complexity index is 1020. The smallest absolute Gasteiger partial charge is 0.249 e. The number of hydrogen-bond donors (Lipinski definition) is 2. The fourth-order valence-corrected chi connectivity index (χ4v) is 2.70. The van der Waals surface area contributed by atoms with Crippen molar-refractivity contribution in [2.24, 2.45) is 5.10 Å². The van der Waals surface area contributed by atoms with Gasteiger partial charge in [0.15, 0.2) is 0 Å². The number of rotatable bonds is 8. The minimum atomic E-state index is -0.529. The zero-order chi connectivity index (χ0) is 21.2. The Morgan fingerprint density at radius 2 is 1.60 bits per heavy atom. The first-order valence-corrected chi connectivity index (χ1v) is 9.61. The van der Waals surface area contributed by atoms with E-state index in [9.17, 15) is 9.59 Å². The Morgan fingerprint density at radius 1 is 0.900 bits per heavy atom. The predicted molar refractivity (Wildman–Crippen MR) is 118 cm³/mol. The standard InChI is InChI=1S/C23H20ClN3O3/c24-20-8-4-5-9-21(20)26-22(28)14-23(29)27-25-15-17-10-12-19(13-11-17)30-16-18-6-2-1-3-7-18/h1-13,15H,14,16H2,(H,26,28)(H,27,29). The highest BCUT2D eigenvalue weighted by Gasteiger charge is 2.10. The summed E-state index contributed by atoms with van der Waals surface area (Å²) in [6, 6.07) is 24.0. The highest BCUT2D eigenvalue weighted by Crippen LogP contribution is 2.20. The molecule has 30 heavy (non-hydrogen) atoms. The van der Waals surface area contributed by atoms with Crippen molar-refractivity contribution < 1.29 is 14.3 Å². The lowest BCUT2D eigenvalue weighted by Gasteiger charge is -2.06. The van der Waals surface area contributed by atoms with Gasteiger partial charge in [0.05, 0.1) is 16.9 Å². The van der Waals surface area contributed by atoms with Crippen LogP contribution in [0.4, 0.5) is 5.69 Å². The number of benzene rings is 3. The van der Waals surface area contributed by atoms with Gasteiger partial charge in [-0.1, -0.05) is 54.1 Å². The molecule has 6 nitrogen and oxygen atoms in total. The van der Waals surface area contributed by atoms with Crippen LogP contribution in [0, 0.1) is 0 Å². The van der Waals surface area contributed by atoms with Crippen LogP contribution < -0.4 is 15.5 Å². The second-order valence-corrected chi connectivity index (χ2v) is 6.75. The van der Waals surface area contributed by atoms with Crippen LogP contribution in [-0.4, -0.2) is 18.0 Å². The summed E-state index contributed by atoms with van der Waals surface area (Å²) in [5, 5.41) is 6.86. The molecule has 7 heteroatoms. The van der Waals surface area contributed by atoms with E-state index in [1.165, 1.54) is 6.21 Å². The van der Waals surface area contributed by atoms with E-state index in [0.29, 0.717) is 17.3 Å². The molecular formula is C23H20ClN3O3. The fraction of sp³-hybridized carbons (Fsp3) is 0.0870. The average Bonchev–Trinajstić information content (AvgIpc) is 2.75. The highest BCUT2D eigenvalue weighted by atomic mass is 35.5. The number of para-hydroxylation sites is 1. The molecule has 0 aliphatic rings. The van der Waals surface area contributed by atoms with Crippen LogP contribution in [0.5, 0.6) is 5.75 Å². The SMILES string of the molecule is O=C(CC(=O)Nc1ccccc1Cl)NN=Cc1ccc(OCc2ccccc2)cc1. The number of amides is 2. The van der Waals surface area contributed by atoms with Crippen LogP contribution in [0.3, 0.4) is 0 Å². The molecule has 0 heterocycles. The van der Waals surface area contributed by atoms with Crippen molar-refractivity contribution in [1.82, 2.24) is 5.43 Å². The average molecular weight is 422 g/mol. The van der Waals surface area contributed by atoms with Crippen LogP contribution in [0.2, 0.25) is 5.02 Å². The van der Waals surface area contributed by atoms with E-state index in [-0.39, 0.29) is 6.42 Å². The van der Waals surface area contributed by atoms with Gasteiger partial charge in [0.1, 0.15) is 18.8 Å². The zero-order valence-electron chi connectivity index (χ0n) is 16.0. The van der Waals surface area contributed by atoms with Crippen molar-refractivity contribution in [3.63, 3.8) is 0 Å². The number of carbonyl (C=O) groups is 2. The molecule has 3 aromatic carbocycles. The predicted octanol–water partition coefficient (Wildman–Crippen LogP) is 4.40. The summed E-state index contributed by atoms with van der Waals surface area (Å²) in [5.74, 6) is -0.273. The Hall–Kier alpha value is -3.64. The first-order chi connectivity index (χ1) is 14.6. The van der Waals surface area contributed by atoms with Gasteiger partial charge in [-0.05, 0) is 47.5 Å². The molecule has 0 bridgehead atoms. The molecule has 0 aliphatic carbocycles. The number of ether oxygens (including phenoxy) is 1. The zero-order valence-corrected chi connectivity index (χ0v) is 16.8. The molecule has 0 aliphatic heterocycles. The maximum atomic E-state index is 11.9. The number of nitrogens with one attached hydrogen (secondary N) is 2. The summed E-state index contributed by atoms with van der Waals surface area (Å²) in [7, 11) is 0. The van der Waals surface area contributed by atoms with Crippen molar-refractivity contribution in [2.45, 2.75) is 13.0 Å². The number of anilines is 1. The Balaban J connectivity index is 1.42. The second kappa shape index (κ2) is 10.8. The molecule has 0 saturated heterocycles. The van der Waals surface area contributed by atoms with Crippen LogP contribution in [0.15, 0.2) is 84.0 Å². The molecular weight excluding hydrogens is 402 g/mol. The molecule has 0 atom stereocenters. The van der Waals surface area contributed by atoms with Gasteiger partial charge in [-0.3, -0.25) is 9.59 Å². The fourth-order valence-electron chi connectivity index (χ4n) is 2.51. The van der Waals surface area contributed by atoms with E-state index in [1.54, 1.807) is 24.3 Å². The lowest BCUT2D eigenvalue weighted by atomic mass is 10.2. The van der Waals surface area contributed by atoms with Crippen LogP contribution in [-0.2, 0) is 16.2 Å². The Morgan fingerprint density at radius 3 is 2.33 bits per heavy atom. The van der Waals surface area contributed by atoms with Crippen LogP contribution in [0.1, 0.15) is 17.5 Å². The number of halogens is 1. The van der Waals surface area contributed by atoms with Crippen molar-refractivity contribution >= 4 is 35.3 Å². The van der Waals surface area contributed by atoms with E-state index in [1.807, 2.05) is 54.6 Å². The summed E-state index contributed by atoms with van der Waals surface area (Å²) < 4.78 is 5.72. The van der Waals surface area contributed by atoms with E-state index in [2.05, 4.69) is 15.8 Å². The van der Waals surface area contributed by atoms with Gasteiger partial charge in [-0.2, -0.15) is 5.10 Å². The maximum Gasteiger partial charge on any atom is 0.249 e. The van der Waals surface area contributed by atoms with Crippen LogP contribution in [0.25, 0.3) is 0 Å². The summed E-state index contributed by atoms with van der Waals surface area (Å²) in [6.45, 7) is 0.487. The molecule has 3 aromatic rings. The van der Waals surface area contributed by atoms with Crippen molar-refractivity contribution in [3.05, 3.63) is 95.0 Å². The number of nitrogens with zero attached hydrogens (tertiary/aromatic N) is 1. The molecule has 2 amide bonds. The van der Waals surface area contributed by atoms with Gasteiger partial charge in [-0.25, -0.2) is 5.43 Å². The minimum absolute atomic E-state index is 0.366. The maximum absolute atomic E-state index is 11.9. The van der Waals surface area contributed by atoms with Gasteiger partial charge in [-0.15, -0.1) is 0 Å². The topological polar surface area (TPSA) is 79.8 Å². The lowest BCUT2D eigenvalue weighted by molar-refractivity contribution is -0.126. The van der Waals surface area contributed by atoms with Gasteiger partial charge in [0.2, 0.25) is 11.8 Å². The summed E-state index contributed by atoms with van der Waals surface area (Å²) in [6.07, 6.45) is 1.12. The van der Waals surface area contributed by atoms with E-state index in [0.717, 1.165) is 16.9 Å². The van der Waals surface area contributed by atoms with Gasteiger partial charge < -0.3 is 10.1 Å². The Kier molecular flexibility index (Phi) is 7.58. The number of hydrazone groups is 1. The quantitative estimate of drug-likeness (QED) is 0.321. The third-order valence-electron chi connectivity index (χ3n) is 4.00. The van der Waals surface area contributed by atoms with E-state index >= 15 is 0 Å². The molecule has 0 fully saturated rings. The van der Waals surface area contributed by atoms with E-state index in [4.69, 9.17) is 16.3 Å². The van der Waals surface area contributed by atoms with Gasteiger partial charge >= 0.3 is 0 Å². The molecule has 2 N–H and O–H groups in total. The molecule has 152 valence electrons. The highest BCUT2D eigenvalue weighted by molar-refractivity contribution is 6.33. The molecule has 0 saturated carbocycles. The molecule has 0 radical (unpaired) electrons. The lowest BCUT2D eigenvalue weighted by Crippen LogP contribution is -2.24.